The van der Waals surface area contributed by atoms with Crippen molar-refractivity contribution in [1.29, 1.82) is 0 Å². The summed E-state index contributed by atoms with van der Waals surface area (Å²) in [5.41, 5.74) is 1.67. The van der Waals surface area contributed by atoms with E-state index in [-0.39, 0.29) is 16.3 Å². The van der Waals surface area contributed by atoms with Crippen LogP contribution in [0.2, 0.25) is 0 Å². The maximum atomic E-state index is 13.0. The van der Waals surface area contributed by atoms with Gasteiger partial charge in [0.15, 0.2) is 0 Å². The van der Waals surface area contributed by atoms with Gasteiger partial charge in [-0.1, -0.05) is 29.5 Å². The standard InChI is InChI=1S/C16H16N6O2S/c1-11-7-8-15(13(10-11)20-21-17)25(23,24)22(18)14-6-2-4-12-5-3-9-19-16(12)14/h2-10H,18H2,1H3,(H2,17,20). The zero-order valence-electron chi connectivity index (χ0n) is 13.4. The van der Waals surface area contributed by atoms with E-state index in [1.807, 2.05) is 12.1 Å². The highest BCUT2D eigenvalue weighted by Crippen LogP contribution is 2.32. The Balaban J connectivity index is 2.18. The molecule has 0 unspecified atom stereocenters. The molecule has 2 aromatic carbocycles. The van der Waals surface area contributed by atoms with Crippen LogP contribution in [0.25, 0.3) is 10.9 Å². The monoisotopic (exact) mass is 356 g/mol. The van der Waals surface area contributed by atoms with Gasteiger partial charge in [-0.3, -0.25) is 4.98 Å². The van der Waals surface area contributed by atoms with Gasteiger partial charge in [-0.2, -0.15) is 12.8 Å². The summed E-state index contributed by atoms with van der Waals surface area (Å²) in [6, 6.07) is 13.4. The normalized spacial score (nSPS) is 11.9. The molecule has 3 aromatic rings. The van der Waals surface area contributed by atoms with Crippen molar-refractivity contribution < 1.29 is 8.42 Å². The third-order valence-corrected chi connectivity index (χ3v) is 5.28. The van der Waals surface area contributed by atoms with E-state index in [1.165, 1.54) is 6.07 Å². The quantitative estimate of drug-likeness (QED) is 0.422. The highest BCUT2D eigenvalue weighted by atomic mass is 32.2. The number of fused-ring (bicyclic) bond motifs is 1. The Morgan fingerprint density at radius 1 is 1.12 bits per heavy atom. The first kappa shape index (κ1) is 16.8. The van der Waals surface area contributed by atoms with Crippen LogP contribution in [0, 0.1) is 6.92 Å². The van der Waals surface area contributed by atoms with Crippen molar-refractivity contribution in [3.05, 3.63) is 60.3 Å². The third-order valence-electron chi connectivity index (χ3n) is 3.67. The van der Waals surface area contributed by atoms with E-state index < -0.39 is 10.0 Å². The van der Waals surface area contributed by atoms with E-state index in [1.54, 1.807) is 43.5 Å². The number of aryl methyl sites for hydroxylation is 1. The Morgan fingerprint density at radius 2 is 1.88 bits per heavy atom. The van der Waals surface area contributed by atoms with Crippen LogP contribution in [-0.2, 0) is 10.0 Å². The maximum absolute atomic E-state index is 13.0. The molecule has 3 rings (SSSR count). The van der Waals surface area contributed by atoms with Crippen molar-refractivity contribution >= 4 is 32.3 Å². The summed E-state index contributed by atoms with van der Waals surface area (Å²) in [7, 11) is -4.09. The lowest BCUT2D eigenvalue weighted by molar-refractivity contribution is 0.592. The number of hydrogen-bond acceptors (Lipinski definition) is 6. The Bertz CT molecular complexity index is 1060. The van der Waals surface area contributed by atoms with Gasteiger partial charge in [0, 0.05) is 11.6 Å². The van der Waals surface area contributed by atoms with E-state index in [0.29, 0.717) is 9.93 Å². The average Bonchev–Trinajstić information content (AvgIpc) is 2.61. The molecule has 128 valence electrons. The van der Waals surface area contributed by atoms with Crippen LogP contribution >= 0.6 is 0 Å². The van der Waals surface area contributed by atoms with Gasteiger partial charge in [0.05, 0.1) is 11.2 Å². The van der Waals surface area contributed by atoms with Crippen molar-refractivity contribution in [2.24, 2.45) is 22.0 Å². The molecule has 0 spiro atoms. The Hall–Kier alpha value is -3.04. The number of sulfonamides is 1. The molecular formula is C16H16N6O2S. The summed E-state index contributed by atoms with van der Waals surface area (Å²) in [5, 5.41) is 7.66. The minimum Gasteiger partial charge on any atom is -0.305 e. The topological polar surface area (TPSA) is 127 Å². The molecule has 1 heterocycles. The summed E-state index contributed by atoms with van der Waals surface area (Å²) in [6.07, 6.45) is 1.58. The molecule has 0 aliphatic rings. The predicted octanol–water partition coefficient (Wildman–Crippen LogP) is 2.57. The van der Waals surface area contributed by atoms with Gasteiger partial charge in [0.25, 0.3) is 10.0 Å². The van der Waals surface area contributed by atoms with Gasteiger partial charge in [-0.15, -0.1) is 5.11 Å². The number of nitrogens with two attached hydrogens (primary N) is 2. The number of hydrazine groups is 1. The van der Waals surface area contributed by atoms with E-state index in [0.717, 1.165) is 10.9 Å². The lowest BCUT2D eigenvalue weighted by Gasteiger charge is -2.20. The maximum Gasteiger partial charge on any atom is 0.279 e. The van der Waals surface area contributed by atoms with Crippen molar-refractivity contribution in [3.8, 4) is 0 Å². The summed E-state index contributed by atoms with van der Waals surface area (Å²) in [4.78, 5) is 4.14. The van der Waals surface area contributed by atoms with Gasteiger partial charge in [0.2, 0.25) is 0 Å². The first-order valence-electron chi connectivity index (χ1n) is 7.30. The number of hydrogen-bond donors (Lipinski definition) is 2. The fourth-order valence-corrected chi connectivity index (χ4v) is 3.71. The van der Waals surface area contributed by atoms with Gasteiger partial charge < -0.3 is 5.84 Å². The Kier molecular flexibility index (Phi) is 4.34. The second kappa shape index (κ2) is 6.46. The summed E-state index contributed by atoms with van der Waals surface area (Å²) in [6.45, 7) is 1.81. The molecule has 0 bridgehead atoms. The highest BCUT2D eigenvalue weighted by molar-refractivity contribution is 7.92. The molecular weight excluding hydrogens is 340 g/mol. The van der Waals surface area contributed by atoms with Crippen molar-refractivity contribution in [3.63, 3.8) is 0 Å². The van der Waals surface area contributed by atoms with Gasteiger partial charge in [-0.25, -0.2) is 5.84 Å². The van der Waals surface area contributed by atoms with Crippen LogP contribution in [0.3, 0.4) is 0 Å². The largest absolute Gasteiger partial charge is 0.305 e. The molecule has 0 aliphatic carbocycles. The van der Waals surface area contributed by atoms with Crippen LogP contribution in [0.1, 0.15) is 5.56 Å². The molecule has 0 amide bonds. The molecule has 0 saturated heterocycles. The molecule has 0 fully saturated rings. The van der Waals surface area contributed by atoms with Crippen LogP contribution in [0.5, 0.6) is 0 Å². The highest BCUT2D eigenvalue weighted by Gasteiger charge is 2.27. The van der Waals surface area contributed by atoms with E-state index >= 15 is 0 Å². The van der Waals surface area contributed by atoms with E-state index in [2.05, 4.69) is 15.3 Å². The number of nitrogens with zero attached hydrogens (tertiary/aromatic N) is 4. The zero-order valence-corrected chi connectivity index (χ0v) is 14.2. The summed E-state index contributed by atoms with van der Waals surface area (Å²) in [5.74, 6) is 11.1. The fourth-order valence-electron chi connectivity index (χ4n) is 2.49. The molecule has 0 radical (unpaired) electrons. The molecule has 1 aromatic heterocycles. The molecule has 8 nitrogen and oxygen atoms in total. The summed E-state index contributed by atoms with van der Waals surface area (Å²) < 4.78 is 26.7. The number of benzene rings is 2. The minimum atomic E-state index is -4.09. The molecule has 0 atom stereocenters. The van der Waals surface area contributed by atoms with Crippen molar-refractivity contribution in [2.75, 3.05) is 4.41 Å². The minimum absolute atomic E-state index is 0.0947. The molecule has 4 N–H and O–H groups in total. The predicted molar refractivity (Wildman–Crippen MR) is 95.5 cm³/mol. The fraction of sp³-hybridized carbons (Fsp3) is 0.0625. The average molecular weight is 356 g/mol. The lowest BCUT2D eigenvalue weighted by atomic mass is 10.2. The number of anilines is 1. The second-order valence-corrected chi connectivity index (χ2v) is 7.12. The number of rotatable bonds is 4. The first-order chi connectivity index (χ1) is 11.9. The number of aromatic nitrogens is 1. The van der Waals surface area contributed by atoms with E-state index in [9.17, 15) is 8.42 Å². The second-order valence-electron chi connectivity index (χ2n) is 5.34. The van der Waals surface area contributed by atoms with Gasteiger partial charge >= 0.3 is 0 Å². The smallest absolute Gasteiger partial charge is 0.279 e. The van der Waals surface area contributed by atoms with Crippen LogP contribution in [0.4, 0.5) is 11.4 Å². The first-order valence-corrected chi connectivity index (χ1v) is 8.74. The van der Waals surface area contributed by atoms with Crippen LogP contribution < -0.4 is 16.1 Å². The number of para-hydroxylation sites is 1. The number of pyridine rings is 1. The SMILES string of the molecule is Cc1ccc(S(=O)(=O)N(N)c2cccc3cccnc23)c(N=NN)c1. The van der Waals surface area contributed by atoms with Crippen LogP contribution in [-0.4, -0.2) is 13.4 Å². The molecule has 9 heteroatoms. The third kappa shape index (κ3) is 3.02. The molecule has 0 saturated carbocycles. The Morgan fingerprint density at radius 3 is 2.64 bits per heavy atom. The van der Waals surface area contributed by atoms with Gasteiger partial charge in [0.1, 0.15) is 10.6 Å². The zero-order chi connectivity index (χ0) is 18.0. The van der Waals surface area contributed by atoms with E-state index in [4.69, 9.17) is 11.7 Å². The van der Waals surface area contributed by atoms with Gasteiger partial charge in [-0.05, 0) is 36.8 Å². The lowest BCUT2D eigenvalue weighted by Crippen LogP contribution is -2.37. The van der Waals surface area contributed by atoms with Crippen LogP contribution in [0.15, 0.2) is 70.0 Å². The molecule has 25 heavy (non-hydrogen) atoms. The van der Waals surface area contributed by atoms with Crippen molar-refractivity contribution in [2.45, 2.75) is 11.8 Å². The Labute approximate surface area is 144 Å². The molecule has 0 aliphatic heterocycles. The van der Waals surface area contributed by atoms with Crippen molar-refractivity contribution in [1.82, 2.24) is 4.98 Å². The summed E-state index contributed by atoms with van der Waals surface area (Å²) >= 11 is 0.